The number of para-hydroxylation sites is 1. The Morgan fingerprint density at radius 2 is 1.93 bits per heavy atom. The van der Waals surface area contributed by atoms with Gasteiger partial charge in [0.05, 0.1) is 19.1 Å². The molecule has 28 heavy (non-hydrogen) atoms. The zero-order chi connectivity index (χ0) is 20.7. The van der Waals surface area contributed by atoms with Crippen LogP contribution in [0, 0.1) is 6.92 Å². The van der Waals surface area contributed by atoms with Crippen LogP contribution in [0.2, 0.25) is 5.02 Å². The summed E-state index contributed by atoms with van der Waals surface area (Å²) in [6.07, 6.45) is 2.52. The van der Waals surface area contributed by atoms with Gasteiger partial charge in [-0.1, -0.05) is 35.9 Å². The number of hydrogen-bond donors (Lipinski definition) is 1. The van der Waals surface area contributed by atoms with E-state index in [0.29, 0.717) is 23.7 Å². The molecule has 0 aromatic heterocycles. The largest absolute Gasteiger partial charge is 0.496 e. The van der Waals surface area contributed by atoms with Gasteiger partial charge >= 0.3 is 0 Å². The minimum Gasteiger partial charge on any atom is -0.496 e. The van der Waals surface area contributed by atoms with Crippen LogP contribution >= 0.6 is 11.6 Å². The Kier molecular flexibility index (Phi) is 7.71. The van der Waals surface area contributed by atoms with Crippen LogP contribution in [-0.2, 0) is 21.2 Å². The molecule has 0 bridgehead atoms. The molecule has 0 saturated heterocycles. The highest BCUT2D eigenvalue weighted by molar-refractivity contribution is 7.92. The molecule has 152 valence electrons. The monoisotopic (exact) mass is 424 g/mol. The molecule has 2 rings (SSSR count). The minimum absolute atomic E-state index is 0.297. The van der Waals surface area contributed by atoms with Crippen LogP contribution in [0.5, 0.6) is 5.75 Å². The Balaban J connectivity index is 1.96. The topological polar surface area (TPSA) is 75.7 Å². The number of rotatable bonds is 9. The Labute approximate surface area is 171 Å². The highest BCUT2D eigenvalue weighted by atomic mass is 35.5. The molecule has 1 amide bonds. The van der Waals surface area contributed by atoms with Gasteiger partial charge in [-0.05, 0) is 49.1 Å². The van der Waals surface area contributed by atoms with Gasteiger partial charge in [-0.2, -0.15) is 0 Å². The second-order valence-electron chi connectivity index (χ2n) is 6.47. The van der Waals surface area contributed by atoms with E-state index in [1.807, 2.05) is 24.3 Å². The van der Waals surface area contributed by atoms with E-state index in [9.17, 15) is 13.2 Å². The lowest BCUT2D eigenvalue weighted by Gasteiger charge is -2.23. The third-order valence-corrected chi connectivity index (χ3v) is 5.63. The molecule has 8 heteroatoms. The summed E-state index contributed by atoms with van der Waals surface area (Å²) < 4.78 is 30.8. The number of sulfonamides is 1. The summed E-state index contributed by atoms with van der Waals surface area (Å²) in [6, 6.07) is 12.7. The minimum atomic E-state index is -3.64. The fourth-order valence-electron chi connectivity index (χ4n) is 2.83. The van der Waals surface area contributed by atoms with E-state index in [-0.39, 0.29) is 12.5 Å². The van der Waals surface area contributed by atoms with E-state index >= 15 is 0 Å². The molecule has 0 aliphatic carbocycles. The summed E-state index contributed by atoms with van der Waals surface area (Å²) in [5.41, 5.74) is 2.18. The second kappa shape index (κ2) is 9.80. The molecule has 0 fully saturated rings. The van der Waals surface area contributed by atoms with Crippen molar-refractivity contribution in [1.82, 2.24) is 5.32 Å². The molecule has 0 aliphatic heterocycles. The number of ether oxygens (including phenoxy) is 1. The predicted molar refractivity (Wildman–Crippen MR) is 113 cm³/mol. The lowest BCUT2D eigenvalue weighted by Crippen LogP contribution is -2.41. The van der Waals surface area contributed by atoms with E-state index in [1.165, 1.54) is 0 Å². The summed E-state index contributed by atoms with van der Waals surface area (Å²) in [7, 11) is -2.01. The SMILES string of the molecule is COc1ccccc1CCCNC(=O)CN(c1cc(Cl)ccc1C)S(C)(=O)=O. The van der Waals surface area contributed by atoms with Gasteiger partial charge < -0.3 is 10.1 Å². The van der Waals surface area contributed by atoms with Crippen molar-refractivity contribution in [3.05, 3.63) is 58.6 Å². The molecule has 0 spiro atoms. The van der Waals surface area contributed by atoms with Crippen LogP contribution in [0.15, 0.2) is 42.5 Å². The van der Waals surface area contributed by atoms with Crippen molar-refractivity contribution in [2.45, 2.75) is 19.8 Å². The van der Waals surface area contributed by atoms with Crippen molar-refractivity contribution in [2.24, 2.45) is 0 Å². The van der Waals surface area contributed by atoms with Crippen molar-refractivity contribution in [3.8, 4) is 5.75 Å². The first kappa shape index (κ1) is 22.0. The third kappa shape index (κ3) is 6.14. The maximum Gasteiger partial charge on any atom is 0.240 e. The molecule has 2 aromatic rings. The number of nitrogens with one attached hydrogen (secondary N) is 1. The molecule has 6 nitrogen and oxygen atoms in total. The number of hydrogen-bond acceptors (Lipinski definition) is 4. The van der Waals surface area contributed by atoms with Gasteiger partial charge in [0.15, 0.2) is 0 Å². The lowest BCUT2D eigenvalue weighted by molar-refractivity contribution is -0.119. The van der Waals surface area contributed by atoms with Crippen molar-refractivity contribution >= 4 is 33.2 Å². The number of anilines is 1. The maximum atomic E-state index is 12.3. The first-order valence-corrected chi connectivity index (χ1v) is 11.1. The molecule has 0 unspecified atom stereocenters. The number of halogens is 1. The van der Waals surface area contributed by atoms with E-state index in [0.717, 1.165) is 33.9 Å². The van der Waals surface area contributed by atoms with Gasteiger partial charge in [0, 0.05) is 11.6 Å². The van der Waals surface area contributed by atoms with Crippen LogP contribution in [0.4, 0.5) is 5.69 Å². The normalized spacial score (nSPS) is 11.1. The quantitative estimate of drug-likeness (QED) is 0.627. The molecule has 0 aliphatic rings. The Morgan fingerprint density at radius 3 is 2.61 bits per heavy atom. The summed E-state index contributed by atoms with van der Waals surface area (Å²) in [6.45, 7) is 1.91. The highest BCUT2D eigenvalue weighted by Crippen LogP contribution is 2.26. The van der Waals surface area contributed by atoms with Crippen molar-refractivity contribution in [2.75, 3.05) is 30.8 Å². The van der Waals surface area contributed by atoms with Gasteiger partial charge in [0.1, 0.15) is 12.3 Å². The Hall–Kier alpha value is -2.25. The zero-order valence-electron chi connectivity index (χ0n) is 16.2. The smallest absolute Gasteiger partial charge is 0.240 e. The second-order valence-corrected chi connectivity index (χ2v) is 8.81. The summed E-state index contributed by atoms with van der Waals surface area (Å²) in [5, 5.41) is 3.19. The number of carbonyl (C=O) groups is 1. The number of aryl methyl sites for hydroxylation is 2. The number of methoxy groups -OCH3 is 1. The number of amides is 1. The average molecular weight is 425 g/mol. The van der Waals surface area contributed by atoms with Crippen LogP contribution < -0.4 is 14.4 Å². The molecule has 1 N–H and O–H groups in total. The Bertz CT molecular complexity index is 932. The van der Waals surface area contributed by atoms with E-state index in [2.05, 4.69) is 5.32 Å². The summed E-state index contributed by atoms with van der Waals surface area (Å²) in [4.78, 5) is 12.3. The first-order valence-electron chi connectivity index (χ1n) is 8.85. The fraction of sp³-hybridized carbons (Fsp3) is 0.350. The third-order valence-electron chi connectivity index (χ3n) is 4.27. The molecule has 0 radical (unpaired) electrons. The average Bonchev–Trinajstić information content (AvgIpc) is 2.65. The molecular formula is C20H25ClN2O4S. The van der Waals surface area contributed by atoms with Gasteiger partial charge in [0.2, 0.25) is 15.9 Å². The van der Waals surface area contributed by atoms with Crippen molar-refractivity contribution in [3.63, 3.8) is 0 Å². The summed E-state index contributed by atoms with van der Waals surface area (Å²) in [5.74, 6) is 0.443. The van der Waals surface area contributed by atoms with Gasteiger partial charge in [-0.15, -0.1) is 0 Å². The first-order chi connectivity index (χ1) is 13.2. The van der Waals surface area contributed by atoms with Gasteiger partial charge in [-0.3, -0.25) is 9.10 Å². The van der Waals surface area contributed by atoms with Crippen molar-refractivity contribution in [1.29, 1.82) is 0 Å². The number of nitrogens with zero attached hydrogens (tertiary/aromatic N) is 1. The fourth-order valence-corrected chi connectivity index (χ4v) is 3.91. The van der Waals surface area contributed by atoms with E-state index < -0.39 is 10.0 Å². The molecule has 0 atom stereocenters. The van der Waals surface area contributed by atoms with Crippen molar-refractivity contribution < 1.29 is 17.9 Å². The molecular weight excluding hydrogens is 400 g/mol. The Morgan fingerprint density at radius 1 is 1.21 bits per heavy atom. The van der Waals surface area contributed by atoms with E-state index in [4.69, 9.17) is 16.3 Å². The van der Waals surface area contributed by atoms with Crippen LogP contribution in [0.3, 0.4) is 0 Å². The van der Waals surface area contributed by atoms with Crippen LogP contribution in [0.25, 0.3) is 0 Å². The number of benzene rings is 2. The summed E-state index contributed by atoms with van der Waals surface area (Å²) >= 11 is 6.00. The highest BCUT2D eigenvalue weighted by Gasteiger charge is 2.22. The molecule has 2 aromatic carbocycles. The lowest BCUT2D eigenvalue weighted by atomic mass is 10.1. The van der Waals surface area contributed by atoms with Gasteiger partial charge in [-0.25, -0.2) is 8.42 Å². The predicted octanol–water partition coefficient (Wildman–Crippen LogP) is 3.17. The zero-order valence-corrected chi connectivity index (χ0v) is 17.8. The van der Waals surface area contributed by atoms with Gasteiger partial charge in [0.25, 0.3) is 0 Å². The standard InChI is InChI=1S/C20H25ClN2O4S/c1-15-10-11-17(21)13-18(15)23(28(3,25)26)14-20(24)22-12-6-8-16-7-4-5-9-19(16)27-2/h4-5,7,9-11,13H,6,8,12,14H2,1-3H3,(H,22,24). The maximum absolute atomic E-state index is 12.3. The number of carbonyl (C=O) groups excluding carboxylic acids is 1. The van der Waals surface area contributed by atoms with E-state index in [1.54, 1.807) is 32.2 Å². The molecule has 0 saturated carbocycles. The molecule has 0 heterocycles. The van der Waals surface area contributed by atoms with Crippen LogP contribution in [0.1, 0.15) is 17.5 Å². The van der Waals surface area contributed by atoms with Crippen LogP contribution in [-0.4, -0.2) is 40.8 Å².